The Morgan fingerprint density at radius 3 is 2.46 bits per heavy atom. The number of ether oxygens (including phenoxy) is 1. The van der Waals surface area contributed by atoms with Crippen LogP contribution in [-0.2, 0) is 17.8 Å². The van der Waals surface area contributed by atoms with Crippen LogP contribution in [0.2, 0.25) is 9.36 Å². The molecular formula is C22H20Cl2O3S. The number of halogens is 2. The molecule has 28 heavy (non-hydrogen) atoms. The van der Waals surface area contributed by atoms with Crippen LogP contribution >= 0.6 is 34.5 Å². The van der Waals surface area contributed by atoms with Crippen LogP contribution in [0, 0.1) is 13.8 Å². The van der Waals surface area contributed by atoms with Gasteiger partial charge in [-0.2, -0.15) is 0 Å². The minimum Gasteiger partial charge on any atom is -0.488 e. The molecule has 0 saturated heterocycles. The van der Waals surface area contributed by atoms with E-state index in [0.29, 0.717) is 22.4 Å². The Kier molecular flexibility index (Phi) is 6.65. The SMILES string of the molecule is Cc1c(CCC(=O)O)ccc(OCc2sc(Cl)cc2-c2ccc(Cl)cc2)c1C. The summed E-state index contributed by atoms with van der Waals surface area (Å²) in [6, 6.07) is 13.5. The molecule has 3 rings (SSSR count). The molecule has 0 amide bonds. The molecule has 0 saturated carbocycles. The minimum atomic E-state index is -0.790. The zero-order valence-corrected chi connectivity index (χ0v) is 17.9. The Hall–Kier alpha value is -2.01. The van der Waals surface area contributed by atoms with E-state index in [4.69, 9.17) is 33.0 Å². The van der Waals surface area contributed by atoms with Gasteiger partial charge in [0.1, 0.15) is 12.4 Å². The van der Waals surface area contributed by atoms with Crippen molar-refractivity contribution in [2.24, 2.45) is 0 Å². The van der Waals surface area contributed by atoms with Gasteiger partial charge in [-0.1, -0.05) is 41.4 Å². The van der Waals surface area contributed by atoms with Crippen LogP contribution in [-0.4, -0.2) is 11.1 Å². The van der Waals surface area contributed by atoms with Crippen molar-refractivity contribution in [3.05, 3.63) is 73.4 Å². The van der Waals surface area contributed by atoms with Gasteiger partial charge in [-0.25, -0.2) is 0 Å². The number of carboxylic acid groups (broad SMARTS) is 1. The summed E-state index contributed by atoms with van der Waals surface area (Å²) in [5, 5.41) is 9.59. The molecule has 1 N–H and O–H groups in total. The Balaban J connectivity index is 1.78. The zero-order valence-electron chi connectivity index (χ0n) is 15.6. The van der Waals surface area contributed by atoms with Crippen molar-refractivity contribution < 1.29 is 14.6 Å². The standard InChI is InChI=1S/C22H20Cl2O3S/c1-13-14(2)19(9-5-15(13)6-10-22(25)26)27-12-20-18(11-21(24)28-20)16-3-7-17(23)8-4-16/h3-5,7-9,11H,6,10,12H2,1-2H3,(H,25,26). The fourth-order valence-corrected chi connectivity index (χ4v) is 4.37. The fourth-order valence-electron chi connectivity index (χ4n) is 3.04. The van der Waals surface area contributed by atoms with Crippen molar-refractivity contribution in [2.45, 2.75) is 33.3 Å². The van der Waals surface area contributed by atoms with Gasteiger partial charge >= 0.3 is 5.97 Å². The number of benzene rings is 2. The van der Waals surface area contributed by atoms with Gasteiger partial charge in [-0.05, 0) is 66.8 Å². The Labute approximate surface area is 178 Å². The minimum absolute atomic E-state index is 0.124. The van der Waals surface area contributed by atoms with Gasteiger partial charge in [0, 0.05) is 17.0 Å². The average Bonchev–Trinajstić information content (AvgIpc) is 3.03. The number of aliphatic carboxylic acids is 1. The number of carboxylic acids is 1. The van der Waals surface area contributed by atoms with Crippen LogP contribution in [0.25, 0.3) is 11.1 Å². The smallest absolute Gasteiger partial charge is 0.303 e. The summed E-state index contributed by atoms with van der Waals surface area (Å²) in [6.07, 6.45) is 0.641. The van der Waals surface area contributed by atoms with Gasteiger partial charge < -0.3 is 9.84 Å². The fraction of sp³-hybridized carbons (Fsp3) is 0.227. The molecule has 0 radical (unpaired) electrons. The molecule has 0 spiro atoms. The molecule has 1 aromatic heterocycles. The number of carbonyl (C=O) groups is 1. The summed E-state index contributed by atoms with van der Waals surface area (Å²) in [7, 11) is 0. The van der Waals surface area contributed by atoms with Crippen LogP contribution in [0.4, 0.5) is 0 Å². The molecule has 0 aliphatic rings. The van der Waals surface area contributed by atoms with Crippen molar-refractivity contribution in [1.29, 1.82) is 0 Å². The van der Waals surface area contributed by atoms with Crippen LogP contribution < -0.4 is 4.74 Å². The normalized spacial score (nSPS) is 10.9. The second-order valence-electron chi connectivity index (χ2n) is 6.55. The van der Waals surface area contributed by atoms with Crippen LogP contribution in [0.15, 0.2) is 42.5 Å². The average molecular weight is 435 g/mol. The van der Waals surface area contributed by atoms with Gasteiger partial charge in [-0.15, -0.1) is 11.3 Å². The number of thiophene rings is 1. The van der Waals surface area contributed by atoms with E-state index < -0.39 is 5.97 Å². The molecule has 0 atom stereocenters. The van der Waals surface area contributed by atoms with Crippen molar-refractivity contribution >= 4 is 40.5 Å². The first-order valence-electron chi connectivity index (χ1n) is 8.83. The third-order valence-corrected chi connectivity index (χ3v) is 6.24. The van der Waals surface area contributed by atoms with Crippen LogP contribution in [0.1, 0.15) is 28.0 Å². The summed E-state index contributed by atoms with van der Waals surface area (Å²) in [5.41, 5.74) is 5.22. The summed E-state index contributed by atoms with van der Waals surface area (Å²) in [4.78, 5) is 11.9. The lowest BCUT2D eigenvalue weighted by Crippen LogP contribution is -2.02. The van der Waals surface area contributed by atoms with Crippen molar-refractivity contribution in [2.75, 3.05) is 0 Å². The molecule has 0 bridgehead atoms. The van der Waals surface area contributed by atoms with Crippen molar-refractivity contribution in [3.8, 4) is 16.9 Å². The molecule has 0 fully saturated rings. The topological polar surface area (TPSA) is 46.5 Å². The third-order valence-electron chi connectivity index (χ3n) is 4.75. The molecule has 146 valence electrons. The Morgan fingerprint density at radius 2 is 1.79 bits per heavy atom. The molecule has 0 unspecified atom stereocenters. The number of rotatable bonds is 7. The van der Waals surface area contributed by atoms with Crippen LogP contribution in [0.5, 0.6) is 5.75 Å². The van der Waals surface area contributed by atoms with E-state index in [1.807, 2.05) is 56.3 Å². The highest BCUT2D eigenvalue weighted by Gasteiger charge is 2.13. The van der Waals surface area contributed by atoms with E-state index in [2.05, 4.69) is 0 Å². The van der Waals surface area contributed by atoms with Gasteiger partial charge in [0.2, 0.25) is 0 Å². The molecule has 3 aromatic rings. The largest absolute Gasteiger partial charge is 0.488 e. The number of hydrogen-bond acceptors (Lipinski definition) is 3. The Morgan fingerprint density at radius 1 is 1.07 bits per heavy atom. The molecule has 6 heteroatoms. The summed E-state index contributed by atoms with van der Waals surface area (Å²) >= 11 is 13.7. The van der Waals surface area contributed by atoms with Gasteiger partial charge in [0.25, 0.3) is 0 Å². The van der Waals surface area contributed by atoms with E-state index in [0.717, 1.165) is 38.4 Å². The first kappa shape index (κ1) is 20.7. The lowest BCUT2D eigenvalue weighted by molar-refractivity contribution is -0.136. The summed E-state index contributed by atoms with van der Waals surface area (Å²) in [6.45, 7) is 4.40. The predicted octanol–water partition coefficient (Wildman–Crippen LogP) is 6.93. The Bertz CT molecular complexity index is 994. The lowest BCUT2D eigenvalue weighted by atomic mass is 9.99. The van der Waals surface area contributed by atoms with E-state index in [1.165, 1.54) is 11.3 Å². The highest BCUT2D eigenvalue weighted by molar-refractivity contribution is 7.16. The predicted molar refractivity (Wildman–Crippen MR) is 116 cm³/mol. The lowest BCUT2D eigenvalue weighted by Gasteiger charge is -2.14. The van der Waals surface area contributed by atoms with E-state index in [-0.39, 0.29) is 6.42 Å². The van der Waals surface area contributed by atoms with Gasteiger partial charge in [-0.3, -0.25) is 4.79 Å². The molecule has 1 heterocycles. The van der Waals surface area contributed by atoms with Gasteiger partial charge in [0.15, 0.2) is 0 Å². The first-order valence-corrected chi connectivity index (χ1v) is 10.4. The quantitative estimate of drug-likeness (QED) is 0.438. The third kappa shape index (κ3) is 4.88. The van der Waals surface area contributed by atoms with Crippen LogP contribution in [0.3, 0.4) is 0 Å². The highest BCUT2D eigenvalue weighted by atomic mass is 35.5. The van der Waals surface area contributed by atoms with Gasteiger partial charge in [0.05, 0.1) is 9.21 Å². The van der Waals surface area contributed by atoms with E-state index in [9.17, 15) is 4.79 Å². The second kappa shape index (κ2) is 8.99. The molecular weight excluding hydrogens is 415 g/mol. The molecule has 0 aliphatic heterocycles. The molecule has 3 nitrogen and oxygen atoms in total. The monoisotopic (exact) mass is 434 g/mol. The summed E-state index contributed by atoms with van der Waals surface area (Å²) < 4.78 is 6.80. The maximum Gasteiger partial charge on any atom is 0.303 e. The first-order chi connectivity index (χ1) is 13.3. The number of hydrogen-bond donors (Lipinski definition) is 1. The maximum absolute atomic E-state index is 10.8. The second-order valence-corrected chi connectivity index (χ2v) is 8.75. The highest BCUT2D eigenvalue weighted by Crippen LogP contribution is 2.36. The van der Waals surface area contributed by atoms with E-state index in [1.54, 1.807) is 0 Å². The molecule has 2 aromatic carbocycles. The zero-order chi connectivity index (χ0) is 20.3. The van der Waals surface area contributed by atoms with E-state index >= 15 is 0 Å². The number of aryl methyl sites for hydroxylation is 1. The van der Waals surface area contributed by atoms with Crippen molar-refractivity contribution in [3.63, 3.8) is 0 Å². The maximum atomic E-state index is 10.8. The summed E-state index contributed by atoms with van der Waals surface area (Å²) in [5.74, 6) is 0.00448. The molecule has 0 aliphatic carbocycles. The van der Waals surface area contributed by atoms with Crippen molar-refractivity contribution in [1.82, 2.24) is 0 Å².